The highest BCUT2D eigenvalue weighted by molar-refractivity contribution is 5.77. The van der Waals surface area contributed by atoms with Gasteiger partial charge < -0.3 is 19.5 Å². The number of aromatic nitrogens is 2. The number of nitrogens with zero attached hydrogens (tertiary/aromatic N) is 3. The van der Waals surface area contributed by atoms with Crippen LogP contribution in [0.4, 0.5) is 4.79 Å². The number of carbonyl (C=O) groups excluding carboxylic acids is 1. The maximum Gasteiger partial charge on any atom is 0.318 e. The lowest BCUT2D eigenvalue weighted by Gasteiger charge is -2.35. The number of hydrogen-bond acceptors (Lipinski definition) is 3. The van der Waals surface area contributed by atoms with Crippen molar-refractivity contribution in [3.05, 3.63) is 59.9 Å². The summed E-state index contributed by atoms with van der Waals surface area (Å²) in [6.45, 7) is 1.37. The number of piperidine rings is 1. The van der Waals surface area contributed by atoms with Gasteiger partial charge in [-0.05, 0) is 55.5 Å². The molecule has 1 aliphatic heterocycles. The first-order chi connectivity index (χ1) is 14.2. The van der Waals surface area contributed by atoms with Gasteiger partial charge in [0.15, 0.2) is 0 Å². The number of ether oxygens (including phenoxy) is 1. The van der Waals surface area contributed by atoms with Crippen LogP contribution in [-0.4, -0.2) is 40.7 Å². The van der Waals surface area contributed by atoms with Crippen LogP contribution < -0.4 is 10.1 Å². The quantitative estimate of drug-likeness (QED) is 0.712. The van der Waals surface area contributed by atoms with Gasteiger partial charge in [-0.2, -0.15) is 0 Å². The van der Waals surface area contributed by atoms with Crippen molar-refractivity contribution in [2.45, 2.75) is 31.7 Å². The highest BCUT2D eigenvalue weighted by Crippen LogP contribution is 2.32. The number of likely N-dealkylation sites (tertiary alicyclic amines) is 1. The van der Waals surface area contributed by atoms with E-state index in [1.165, 1.54) is 5.56 Å². The minimum atomic E-state index is -0.00438. The highest BCUT2D eigenvalue weighted by Gasteiger charge is 2.31. The Balaban J connectivity index is 1.43. The minimum Gasteiger partial charge on any atom is -0.497 e. The van der Waals surface area contributed by atoms with Gasteiger partial charge in [0.1, 0.15) is 11.6 Å². The van der Waals surface area contributed by atoms with Crippen molar-refractivity contribution in [2.24, 2.45) is 7.05 Å². The van der Waals surface area contributed by atoms with Crippen molar-refractivity contribution in [2.75, 3.05) is 20.2 Å². The number of imidazole rings is 1. The van der Waals surface area contributed by atoms with E-state index >= 15 is 0 Å². The Labute approximate surface area is 171 Å². The van der Waals surface area contributed by atoms with Gasteiger partial charge in [-0.3, -0.25) is 0 Å². The molecule has 0 radical (unpaired) electrons. The fraction of sp³-hybridized carbons (Fsp3) is 0.391. The number of hydrogen-bond donors (Lipinski definition) is 1. The number of methoxy groups -OCH3 is 1. The molecule has 1 fully saturated rings. The van der Waals surface area contributed by atoms with Crippen LogP contribution in [0.1, 0.15) is 36.7 Å². The third kappa shape index (κ3) is 4.06. The van der Waals surface area contributed by atoms with Crippen LogP contribution in [0.15, 0.2) is 48.5 Å². The average Bonchev–Trinajstić information content (AvgIpc) is 3.11. The molecule has 1 aromatic heterocycles. The molecule has 1 aliphatic rings. The maximum absolute atomic E-state index is 13.0. The van der Waals surface area contributed by atoms with E-state index in [0.717, 1.165) is 54.8 Å². The number of para-hydroxylation sites is 2. The normalized spacial score (nSPS) is 16.8. The van der Waals surface area contributed by atoms with Crippen molar-refractivity contribution in [3.8, 4) is 5.75 Å². The predicted octanol–water partition coefficient (Wildman–Crippen LogP) is 4.06. The molecule has 0 saturated carbocycles. The smallest absolute Gasteiger partial charge is 0.318 e. The number of nitrogens with one attached hydrogen (secondary N) is 1. The summed E-state index contributed by atoms with van der Waals surface area (Å²) < 4.78 is 7.32. The number of aryl methyl sites for hydroxylation is 1. The largest absolute Gasteiger partial charge is 0.497 e. The summed E-state index contributed by atoms with van der Waals surface area (Å²) in [7, 11) is 3.70. The van der Waals surface area contributed by atoms with Crippen molar-refractivity contribution in [3.63, 3.8) is 0 Å². The predicted molar refractivity (Wildman–Crippen MR) is 114 cm³/mol. The molecule has 0 spiro atoms. The van der Waals surface area contributed by atoms with E-state index in [4.69, 9.17) is 9.72 Å². The first-order valence-electron chi connectivity index (χ1n) is 10.3. The van der Waals surface area contributed by atoms with E-state index in [1.807, 2.05) is 54.4 Å². The summed E-state index contributed by atoms with van der Waals surface area (Å²) in [4.78, 5) is 19.8. The lowest BCUT2D eigenvalue weighted by molar-refractivity contribution is 0.146. The molecule has 2 heterocycles. The lowest BCUT2D eigenvalue weighted by atomic mass is 10.0. The van der Waals surface area contributed by atoms with E-state index in [-0.39, 0.29) is 12.1 Å². The van der Waals surface area contributed by atoms with Crippen molar-refractivity contribution < 1.29 is 9.53 Å². The van der Waals surface area contributed by atoms with Gasteiger partial charge in [0.2, 0.25) is 0 Å². The van der Waals surface area contributed by atoms with Crippen LogP contribution >= 0.6 is 0 Å². The molecule has 6 nitrogen and oxygen atoms in total. The monoisotopic (exact) mass is 392 g/mol. The molecule has 29 heavy (non-hydrogen) atoms. The first kappa shape index (κ1) is 19.3. The molecule has 1 saturated heterocycles. The van der Waals surface area contributed by atoms with Crippen LogP contribution in [0.3, 0.4) is 0 Å². The van der Waals surface area contributed by atoms with Gasteiger partial charge >= 0.3 is 6.03 Å². The Kier molecular flexibility index (Phi) is 5.69. The topological polar surface area (TPSA) is 59.4 Å². The molecule has 1 N–H and O–H groups in total. The number of amides is 2. The van der Waals surface area contributed by atoms with Crippen molar-refractivity contribution in [1.29, 1.82) is 0 Å². The molecule has 1 unspecified atom stereocenters. The Bertz CT molecular complexity index is 980. The second-order valence-electron chi connectivity index (χ2n) is 7.55. The number of benzene rings is 2. The number of fused-ring (bicyclic) bond motifs is 1. The van der Waals surface area contributed by atoms with Gasteiger partial charge in [-0.25, -0.2) is 9.78 Å². The van der Waals surface area contributed by atoms with Crippen LogP contribution in [0.5, 0.6) is 5.75 Å². The summed E-state index contributed by atoms with van der Waals surface area (Å²) in [5.41, 5.74) is 3.26. The summed E-state index contributed by atoms with van der Waals surface area (Å²) in [5, 5.41) is 3.10. The van der Waals surface area contributed by atoms with E-state index in [1.54, 1.807) is 7.11 Å². The Morgan fingerprint density at radius 2 is 1.97 bits per heavy atom. The van der Waals surface area contributed by atoms with Crippen molar-refractivity contribution >= 4 is 17.1 Å². The lowest BCUT2D eigenvalue weighted by Crippen LogP contribution is -2.45. The molecule has 0 bridgehead atoms. The minimum absolute atomic E-state index is 0.00438. The van der Waals surface area contributed by atoms with Crippen LogP contribution in [-0.2, 0) is 13.5 Å². The van der Waals surface area contributed by atoms with Gasteiger partial charge in [0.25, 0.3) is 0 Å². The van der Waals surface area contributed by atoms with Crippen LogP contribution in [0, 0.1) is 0 Å². The SMILES string of the molecule is COc1ccc(CCNC(=O)N2CCCCC2c2nc3ccccc3n2C)cc1. The zero-order valence-electron chi connectivity index (χ0n) is 17.1. The number of carbonyl (C=O) groups is 1. The molecule has 3 aromatic rings. The van der Waals surface area contributed by atoms with E-state index in [0.29, 0.717) is 6.54 Å². The molecule has 4 rings (SSSR count). The average molecular weight is 393 g/mol. The molecule has 0 aliphatic carbocycles. The molecular weight excluding hydrogens is 364 g/mol. The molecule has 6 heteroatoms. The third-order valence-electron chi connectivity index (χ3n) is 5.73. The summed E-state index contributed by atoms with van der Waals surface area (Å²) in [5.74, 6) is 1.81. The van der Waals surface area contributed by atoms with E-state index < -0.39 is 0 Å². The standard InChI is InChI=1S/C23H28N4O2/c1-26-20-8-4-3-7-19(20)25-22(26)21-9-5-6-16-27(21)23(28)24-15-14-17-10-12-18(29-2)13-11-17/h3-4,7-8,10-13,21H,5-6,9,14-16H2,1-2H3,(H,24,28). The number of rotatable bonds is 5. The zero-order chi connectivity index (χ0) is 20.2. The fourth-order valence-corrected chi connectivity index (χ4v) is 4.11. The molecule has 2 aromatic carbocycles. The van der Waals surface area contributed by atoms with Gasteiger partial charge in [-0.15, -0.1) is 0 Å². The second kappa shape index (κ2) is 8.55. The Morgan fingerprint density at radius 1 is 1.17 bits per heavy atom. The molecule has 1 atom stereocenters. The van der Waals surface area contributed by atoms with Crippen LogP contribution in [0.2, 0.25) is 0 Å². The zero-order valence-corrected chi connectivity index (χ0v) is 17.1. The van der Waals surface area contributed by atoms with Gasteiger partial charge in [0.05, 0.1) is 24.2 Å². The fourth-order valence-electron chi connectivity index (χ4n) is 4.11. The first-order valence-corrected chi connectivity index (χ1v) is 10.3. The Hall–Kier alpha value is -3.02. The highest BCUT2D eigenvalue weighted by atomic mass is 16.5. The summed E-state index contributed by atoms with van der Waals surface area (Å²) in [6, 6.07) is 16.1. The molecule has 2 amide bonds. The van der Waals surface area contributed by atoms with Gasteiger partial charge in [0, 0.05) is 20.1 Å². The summed E-state index contributed by atoms with van der Waals surface area (Å²) in [6.07, 6.45) is 3.89. The molecule has 152 valence electrons. The third-order valence-corrected chi connectivity index (χ3v) is 5.73. The van der Waals surface area contributed by atoms with Crippen molar-refractivity contribution in [1.82, 2.24) is 19.8 Å². The second-order valence-corrected chi connectivity index (χ2v) is 7.55. The van der Waals surface area contributed by atoms with E-state index in [2.05, 4.69) is 16.0 Å². The summed E-state index contributed by atoms with van der Waals surface area (Å²) >= 11 is 0. The van der Waals surface area contributed by atoms with Gasteiger partial charge in [-0.1, -0.05) is 24.3 Å². The molecular formula is C23H28N4O2. The maximum atomic E-state index is 13.0. The number of urea groups is 1. The van der Waals surface area contributed by atoms with E-state index in [9.17, 15) is 4.79 Å². The Morgan fingerprint density at radius 3 is 2.72 bits per heavy atom. The van der Waals surface area contributed by atoms with Crippen LogP contribution in [0.25, 0.3) is 11.0 Å².